The van der Waals surface area contributed by atoms with Gasteiger partial charge in [0.1, 0.15) is 5.75 Å². The fraction of sp³-hybridized carbons (Fsp3) is 0.533. The fourth-order valence-electron chi connectivity index (χ4n) is 3.30. The third-order valence-electron chi connectivity index (χ3n) is 4.17. The predicted molar refractivity (Wildman–Crippen MR) is 77.8 cm³/mol. The highest BCUT2D eigenvalue weighted by Crippen LogP contribution is 2.30. The van der Waals surface area contributed by atoms with E-state index in [2.05, 4.69) is 10.2 Å². The zero-order valence-electron chi connectivity index (χ0n) is 11.5. The average molecular weight is 275 g/mol. The van der Waals surface area contributed by atoms with Crippen LogP contribution in [0.2, 0.25) is 0 Å². The van der Waals surface area contributed by atoms with Gasteiger partial charge >= 0.3 is 0 Å². The monoisotopic (exact) mass is 275 g/mol. The third-order valence-corrected chi connectivity index (χ3v) is 4.17. The Hall–Kier alpha value is -1.75. The first kappa shape index (κ1) is 13.2. The van der Waals surface area contributed by atoms with Gasteiger partial charge in [0, 0.05) is 30.4 Å². The number of rotatable bonds is 5. The lowest BCUT2D eigenvalue weighted by molar-refractivity contribution is -0.119. The second kappa shape index (κ2) is 5.71. The zero-order chi connectivity index (χ0) is 13.9. The highest BCUT2D eigenvalue weighted by Gasteiger charge is 2.36. The summed E-state index contributed by atoms with van der Waals surface area (Å²) in [6.07, 6.45) is 3.79. The minimum atomic E-state index is -0.458. The van der Waals surface area contributed by atoms with E-state index in [-0.39, 0.29) is 6.61 Å². The van der Waals surface area contributed by atoms with Crippen molar-refractivity contribution in [2.45, 2.75) is 31.3 Å². The van der Waals surface area contributed by atoms with E-state index < -0.39 is 5.91 Å². The first-order chi connectivity index (χ1) is 9.72. The van der Waals surface area contributed by atoms with Gasteiger partial charge in [-0.05, 0) is 37.9 Å². The van der Waals surface area contributed by atoms with Crippen LogP contribution in [0.3, 0.4) is 0 Å². The Kier molecular flexibility index (Phi) is 3.78. The summed E-state index contributed by atoms with van der Waals surface area (Å²) in [4.78, 5) is 13.3. The van der Waals surface area contributed by atoms with Gasteiger partial charge in [-0.3, -0.25) is 9.69 Å². The molecule has 2 heterocycles. The van der Waals surface area contributed by atoms with Crippen LogP contribution in [0.1, 0.15) is 19.3 Å². The van der Waals surface area contributed by atoms with Crippen LogP contribution in [0.5, 0.6) is 5.75 Å². The van der Waals surface area contributed by atoms with Crippen LogP contribution in [0.4, 0.5) is 5.69 Å². The highest BCUT2D eigenvalue weighted by atomic mass is 16.5. The SMILES string of the molecule is NC(=O)COc1cccc(NC2CCN3CCCC23)c1. The molecular formula is C15H21N3O2. The van der Waals surface area contributed by atoms with E-state index in [9.17, 15) is 4.79 Å². The molecular weight excluding hydrogens is 254 g/mol. The first-order valence-electron chi connectivity index (χ1n) is 7.24. The second-order valence-corrected chi connectivity index (χ2v) is 5.57. The molecule has 0 bridgehead atoms. The van der Waals surface area contributed by atoms with Gasteiger partial charge in [0.05, 0.1) is 0 Å². The normalized spacial score (nSPS) is 25.4. The summed E-state index contributed by atoms with van der Waals surface area (Å²) >= 11 is 0. The summed E-state index contributed by atoms with van der Waals surface area (Å²) in [5, 5.41) is 3.60. The van der Waals surface area contributed by atoms with Crippen LogP contribution in [0.25, 0.3) is 0 Å². The Morgan fingerprint density at radius 2 is 2.30 bits per heavy atom. The molecule has 2 fully saturated rings. The number of primary amides is 1. The minimum absolute atomic E-state index is 0.0801. The van der Waals surface area contributed by atoms with E-state index >= 15 is 0 Å². The van der Waals surface area contributed by atoms with E-state index in [1.54, 1.807) is 0 Å². The minimum Gasteiger partial charge on any atom is -0.484 e. The molecule has 0 spiro atoms. The van der Waals surface area contributed by atoms with E-state index in [0.717, 1.165) is 5.69 Å². The van der Waals surface area contributed by atoms with E-state index in [1.165, 1.54) is 32.4 Å². The van der Waals surface area contributed by atoms with Crippen molar-refractivity contribution in [3.8, 4) is 5.75 Å². The van der Waals surface area contributed by atoms with Crippen LogP contribution in [0.15, 0.2) is 24.3 Å². The molecule has 108 valence electrons. The van der Waals surface area contributed by atoms with E-state index in [4.69, 9.17) is 10.5 Å². The molecule has 2 aliphatic heterocycles. The van der Waals surface area contributed by atoms with Crippen molar-refractivity contribution in [2.24, 2.45) is 5.73 Å². The summed E-state index contributed by atoms with van der Waals surface area (Å²) in [7, 11) is 0. The number of nitrogens with zero attached hydrogens (tertiary/aromatic N) is 1. The Balaban J connectivity index is 1.62. The van der Waals surface area contributed by atoms with E-state index in [1.807, 2.05) is 24.3 Å². The van der Waals surface area contributed by atoms with Crippen LogP contribution >= 0.6 is 0 Å². The molecule has 3 rings (SSSR count). The molecule has 1 aromatic carbocycles. The molecule has 2 atom stereocenters. The van der Waals surface area contributed by atoms with Crippen LogP contribution in [-0.2, 0) is 4.79 Å². The molecule has 2 unspecified atom stereocenters. The summed E-state index contributed by atoms with van der Waals surface area (Å²) in [5.74, 6) is 0.218. The van der Waals surface area contributed by atoms with Crippen molar-refractivity contribution in [3.63, 3.8) is 0 Å². The number of hydrogen-bond donors (Lipinski definition) is 2. The van der Waals surface area contributed by atoms with Gasteiger partial charge in [0.2, 0.25) is 0 Å². The van der Waals surface area contributed by atoms with Crippen molar-refractivity contribution >= 4 is 11.6 Å². The van der Waals surface area contributed by atoms with Gasteiger partial charge in [-0.2, -0.15) is 0 Å². The molecule has 1 amide bonds. The zero-order valence-corrected chi connectivity index (χ0v) is 11.5. The number of ether oxygens (including phenoxy) is 1. The predicted octanol–water partition coefficient (Wildman–Crippen LogP) is 1.20. The standard InChI is InChI=1S/C15H21N3O2/c16-15(19)10-20-12-4-1-3-11(9-12)17-13-6-8-18-7-2-5-14(13)18/h1,3-4,9,13-14,17H,2,5-8,10H2,(H2,16,19). The molecule has 3 N–H and O–H groups in total. The number of anilines is 1. The molecule has 0 aliphatic carbocycles. The molecule has 5 nitrogen and oxygen atoms in total. The Morgan fingerprint density at radius 3 is 3.15 bits per heavy atom. The van der Waals surface area contributed by atoms with Crippen molar-refractivity contribution in [1.82, 2.24) is 4.90 Å². The van der Waals surface area contributed by atoms with Crippen LogP contribution in [-0.4, -0.2) is 42.6 Å². The second-order valence-electron chi connectivity index (χ2n) is 5.57. The lowest BCUT2D eigenvalue weighted by Gasteiger charge is -2.22. The quantitative estimate of drug-likeness (QED) is 0.847. The molecule has 2 aliphatic rings. The number of hydrogen-bond acceptors (Lipinski definition) is 4. The van der Waals surface area contributed by atoms with Crippen LogP contribution < -0.4 is 15.8 Å². The number of carbonyl (C=O) groups is 1. The number of amides is 1. The van der Waals surface area contributed by atoms with Crippen molar-refractivity contribution in [3.05, 3.63) is 24.3 Å². The molecule has 0 saturated carbocycles. The number of nitrogens with two attached hydrogens (primary N) is 1. The van der Waals surface area contributed by atoms with Gasteiger partial charge < -0.3 is 15.8 Å². The number of fused-ring (bicyclic) bond motifs is 1. The highest BCUT2D eigenvalue weighted by molar-refractivity contribution is 5.75. The number of carbonyl (C=O) groups excluding carboxylic acids is 1. The van der Waals surface area contributed by atoms with Gasteiger partial charge in [0.15, 0.2) is 6.61 Å². The fourth-order valence-corrected chi connectivity index (χ4v) is 3.30. The Bertz CT molecular complexity index is 492. The average Bonchev–Trinajstić information content (AvgIpc) is 3.02. The van der Waals surface area contributed by atoms with Crippen molar-refractivity contribution in [1.29, 1.82) is 0 Å². The molecule has 1 aromatic rings. The Labute approximate surface area is 119 Å². The maximum absolute atomic E-state index is 10.7. The number of benzene rings is 1. The topological polar surface area (TPSA) is 67.6 Å². The maximum Gasteiger partial charge on any atom is 0.255 e. The van der Waals surface area contributed by atoms with Crippen LogP contribution in [0, 0.1) is 0 Å². The van der Waals surface area contributed by atoms with Gasteiger partial charge in [-0.15, -0.1) is 0 Å². The lowest BCUT2D eigenvalue weighted by Crippen LogP contribution is -2.33. The summed E-state index contributed by atoms with van der Waals surface area (Å²) in [6.45, 7) is 2.36. The van der Waals surface area contributed by atoms with Gasteiger partial charge in [-0.25, -0.2) is 0 Å². The maximum atomic E-state index is 10.7. The summed E-state index contributed by atoms with van der Waals surface area (Å²) in [5.41, 5.74) is 6.13. The largest absolute Gasteiger partial charge is 0.484 e. The lowest BCUT2D eigenvalue weighted by atomic mass is 10.1. The third kappa shape index (κ3) is 2.88. The molecule has 0 aromatic heterocycles. The summed E-state index contributed by atoms with van der Waals surface area (Å²) in [6, 6.07) is 8.93. The summed E-state index contributed by atoms with van der Waals surface area (Å²) < 4.78 is 5.33. The first-order valence-corrected chi connectivity index (χ1v) is 7.24. The van der Waals surface area contributed by atoms with Gasteiger partial charge in [-0.1, -0.05) is 6.07 Å². The molecule has 5 heteroatoms. The number of nitrogens with one attached hydrogen (secondary N) is 1. The van der Waals surface area contributed by atoms with Crippen molar-refractivity contribution < 1.29 is 9.53 Å². The van der Waals surface area contributed by atoms with Gasteiger partial charge in [0.25, 0.3) is 5.91 Å². The van der Waals surface area contributed by atoms with E-state index in [0.29, 0.717) is 17.8 Å². The molecule has 20 heavy (non-hydrogen) atoms. The van der Waals surface area contributed by atoms with Crippen molar-refractivity contribution in [2.75, 3.05) is 25.0 Å². The molecule has 2 saturated heterocycles. The molecule has 0 radical (unpaired) electrons. The Morgan fingerprint density at radius 1 is 1.40 bits per heavy atom. The smallest absolute Gasteiger partial charge is 0.255 e.